The number of nitrogens with one attached hydrogen (secondary N) is 2. The van der Waals surface area contributed by atoms with Crippen molar-refractivity contribution in [2.45, 2.75) is 38.7 Å². The van der Waals surface area contributed by atoms with Gasteiger partial charge in [0.05, 0.1) is 6.10 Å². The Morgan fingerprint density at radius 3 is 2.77 bits per heavy atom. The number of carbonyl (C=O) groups excluding carboxylic acids is 1. The number of aliphatic hydroxyl groups excluding tert-OH is 1. The Morgan fingerprint density at radius 2 is 2.12 bits per heavy atom. The lowest BCUT2D eigenvalue weighted by atomic mass is 10.1. The van der Waals surface area contributed by atoms with Crippen molar-refractivity contribution < 1.29 is 9.90 Å². The van der Waals surface area contributed by atoms with Gasteiger partial charge in [0.2, 0.25) is 0 Å². The van der Waals surface area contributed by atoms with E-state index in [1.165, 1.54) is 0 Å². The summed E-state index contributed by atoms with van der Waals surface area (Å²) in [6.07, 6.45) is 3.64. The molecule has 6 heteroatoms. The van der Waals surface area contributed by atoms with Crippen molar-refractivity contribution in [3.63, 3.8) is 0 Å². The number of amides is 1. The van der Waals surface area contributed by atoms with Crippen molar-refractivity contribution in [1.29, 1.82) is 0 Å². The molecule has 0 heterocycles. The number of benzene rings is 1. The molecule has 0 aromatic heterocycles. The predicted molar refractivity (Wildman–Crippen MR) is 105 cm³/mol. The van der Waals surface area contributed by atoms with E-state index in [-0.39, 0.29) is 17.9 Å². The van der Waals surface area contributed by atoms with Crippen molar-refractivity contribution in [3.8, 4) is 0 Å². The highest BCUT2D eigenvalue weighted by molar-refractivity contribution is 5.94. The van der Waals surface area contributed by atoms with Crippen molar-refractivity contribution in [1.82, 2.24) is 15.5 Å². The SMILES string of the molecule is CCNC(=NCC1CCCC1O)NCCc1cccc(C(=O)N(C)C)c1. The van der Waals surface area contributed by atoms with Crippen LogP contribution in [0.3, 0.4) is 0 Å². The lowest BCUT2D eigenvalue weighted by molar-refractivity contribution is 0.0827. The summed E-state index contributed by atoms with van der Waals surface area (Å²) >= 11 is 0. The van der Waals surface area contributed by atoms with Crippen molar-refractivity contribution in [3.05, 3.63) is 35.4 Å². The Hall–Kier alpha value is -2.08. The number of guanidine groups is 1. The zero-order valence-electron chi connectivity index (χ0n) is 16.2. The van der Waals surface area contributed by atoms with E-state index in [2.05, 4.69) is 15.6 Å². The van der Waals surface area contributed by atoms with Gasteiger partial charge in [-0.15, -0.1) is 0 Å². The van der Waals surface area contributed by atoms with Gasteiger partial charge in [-0.3, -0.25) is 9.79 Å². The zero-order chi connectivity index (χ0) is 18.9. The number of aliphatic imine (C=N–C) groups is 1. The minimum atomic E-state index is -0.210. The standard InChI is InChI=1S/C20H32N4O2/c1-4-21-20(23-14-17-9-6-10-18(17)25)22-12-11-15-7-5-8-16(13-15)19(26)24(2)3/h5,7-8,13,17-18,25H,4,6,9-12,14H2,1-3H3,(H2,21,22,23). The van der Waals surface area contributed by atoms with Crippen LogP contribution < -0.4 is 10.6 Å². The highest BCUT2D eigenvalue weighted by atomic mass is 16.3. The van der Waals surface area contributed by atoms with E-state index < -0.39 is 0 Å². The van der Waals surface area contributed by atoms with Crippen LogP contribution in [0.2, 0.25) is 0 Å². The molecule has 2 rings (SSSR count). The van der Waals surface area contributed by atoms with Gasteiger partial charge in [0.1, 0.15) is 0 Å². The van der Waals surface area contributed by atoms with Gasteiger partial charge < -0.3 is 20.6 Å². The highest BCUT2D eigenvalue weighted by Crippen LogP contribution is 2.25. The van der Waals surface area contributed by atoms with Crippen LogP contribution in [-0.2, 0) is 6.42 Å². The average molecular weight is 361 g/mol. The van der Waals surface area contributed by atoms with E-state index in [4.69, 9.17) is 0 Å². The fourth-order valence-electron chi connectivity index (χ4n) is 3.22. The molecule has 2 atom stereocenters. The lowest BCUT2D eigenvalue weighted by Gasteiger charge is -2.15. The number of rotatable bonds is 7. The molecule has 1 fully saturated rings. The third kappa shape index (κ3) is 6.02. The molecule has 2 unspecified atom stereocenters. The molecule has 1 amide bonds. The first-order chi connectivity index (χ1) is 12.5. The predicted octanol–water partition coefficient (Wildman–Crippen LogP) is 1.65. The smallest absolute Gasteiger partial charge is 0.253 e. The second kappa shape index (κ2) is 10.2. The van der Waals surface area contributed by atoms with Crippen LogP contribution >= 0.6 is 0 Å². The Labute approximate surface area is 156 Å². The Morgan fingerprint density at radius 1 is 1.31 bits per heavy atom. The van der Waals surface area contributed by atoms with Crippen molar-refractivity contribution in [2.24, 2.45) is 10.9 Å². The maximum atomic E-state index is 12.1. The van der Waals surface area contributed by atoms with Gasteiger partial charge in [0, 0.05) is 45.2 Å². The first kappa shape index (κ1) is 20.2. The first-order valence-electron chi connectivity index (χ1n) is 9.52. The van der Waals surface area contributed by atoms with E-state index in [0.717, 1.165) is 50.3 Å². The van der Waals surface area contributed by atoms with Crippen LogP contribution in [-0.4, -0.2) is 61.7 Å². The summed E-state index contributed by atoms with van der Waals surface area (Å²) in [4.78, 5) is 18.3. The fraction of sp³-hybridized carbons (Fsp3) is 0.600. The quantitative estimate of drug-likeness (QED) is 0.510. The molecule has 1 aliphatic rings. The third-order valence-electron chi connectivity index (χ3n) is 4.73. The lowest BCUT2D eigenvalue weighted by Crippen LogP contribution is -2.39. The Balaban J connectivity index is 1.87. The summed E-state index contributed by atoms with van der Waals surface area (Å²) in [5.41, 5.74) is 1.83. The summed E-state index contributed by atoms with van der Waals surface area (Å²) in [5, 5.41) is 16.5. The summed E-state index contributed by atoms with van der Waals surface area (Å²) in [7, 11) is 3.52. The van der Waals surface area contributed by atoms with Crippen LogP contribution in [0.5, 0.6) is 0 Å². The van der Waals surface area contributed by atoms with Gasteiger partial charge >= 0.3 is 0 Å². The monoisotopic (exact) mass is 360 g/mol. The van der Waals surface area contributed by atoms with Crippen LogP contribution in [0.1, 0.15) is 42.1 Å². The molecular weight excluding hydrogens is 328 g/mol. The Bertz CT molecular complexity index is 616. The van der Waals surface area contributed by atoms with E-state index in [0.29, 0.717) is 12.1 Å². The molecule has 0 aliphatic heterocycles. The number of nitrogens with zero attached hydrogens (tertiary/aromatic N) is 2. The van der Waals surface area contributed by atoms with Crippen molar-refractivity contribution >= 4 is 11.9 Å². The molecule has 1 aliphatic carbocycles. The average Bonchev–Trinajstić information content (AvgIpc) is 3.04. The summed E-state index contributed by atoms with van der Waals surface area (Å²) < 4.78 is 0. The van der Waals surface area contributed by atoms with Gasteiger partial charge in [0.15, 0.2) is 5.96 Å². The van der Waals surface area contributed by atoms with E-state index in [1.54, 1.807) is 19.0 Å². The van der Waals surface area contributed by atoms with Crippen LogP contribution in [0.15, 0.2) is 29.3 Å². The molecule has 1 aromatic rings. The number of hydrogen-bond acceptors (Lipinski definition) is 3. The highest BCUT2D eigenvalue weighted by Gasteiger charge is 2.24. The molecule has 0 saturated heterocycles. The van der Waals surface area contributed by atoms with Gasteiger partial charge in [0.25, 0.3) is 5.91 Å². The normalized spacial score (nSPS) is 20.1. The molecule has 6 nitrogen and oxygen atoms in total. The zero-order valence-corrected chi connectivity index (χ0v) is 16.2. The molecule has 0 radical (unpaired) electrons. The number of hydrogen-bond donors (Lipinski definition) is 3. The van der Waals surface area contributed by atoms with Crippen LogP contribution in [0.25, 0.3) is 0 Å². The number of carbonyl (C=O) groups is 1. The molecule has 26 heavy (non-hydrogen) atoms. The molecule has 144 valence electrons. The summed E-state index contributed by atoms with van der Waals surface area (Å²) in [6.45, 7) is 4.23. The second-order valence-electron chi connectivity index (χ2n) is 7.05. The fourth-order valence-corrected chi connectivity index (χ4v) is 3.22. The molecule has 3 N–H and O–H groups in total. The van der Waals surface area contributed by atoms with Crippen molar-refractivity contribution in [2.75, 3.05) is 33.7 Å². The minimum absolute atomic E-state index is 0.0184. The topological polar surface area (TPSA) is 77.0 Å². The van der Waals surface area contributed by atoms with E-state index in [9.17, 15) is 9.90 Å². The third-order valence-corrected chi connectivity index (χ3v) is 4.73. The van der Waals surface area contributed by atoms with Gasteiger partial charge in [-0.2, -0.15) is 0 Å². The second-order valence-corrected chi connectivity index (χ2v) is 7.05. The molecule has 1 saturated carbocycles. The minimum Gasteiger partial charge on any atom is -0.393 e. The van der Waals surface area contributed by atoms with Gasteiger partial charge in [-0.05, 0) is 43.9 Å². The maximum Gasteiger partial charge on any atom is 0.253 e. The van der Waals surface area contributed by atoms with Crippen LogP contribution in [0.4, 0.5) is 0 Å². The van der Waals surface area contributed by atoms with E-state index >= 15 is 0 Å². The first-order valence-corrected chi connectivity index (χ1v) is 9.52. The summed E-state index contributed by atoms with van der Waals surface area (Å²) in [5.74, 6) is 1.08. The Kier molecular flexibility index (Phi) is 7.91. The largest absolute Gasteiger partial charge is 0.393 e. The van der Waals surface area contributed by atoms with Gasteiger partial charge in [-0.25, -0.2) is 0 Å². The molecule has 1 aromatic carbocycles. The molecule has 0 spiro atoms. The molecule has 0 bridgehead atoms. The van der Waals surface area contributed by atoms with Gasteiger partial charge in [-0.1, -0.05) is 18.6 Å². The summed E-state index contributed by atoms with van der Waals surface area (Å²) in [6, 6.07) is 7.75. The number of aliphatic hydroxyl groups is 1. The van der Waals surface area contributed by atoms with Crippen LogP contribution in [0, 0.1) is 5.92 Å². The maximum absolute atomic E-state index is 12.1. The van der Waals surface area contributed by atoms with E-state index in [1.807, 2.05) is 31.2 Å². The molecular formula is C20H32N4O2.